The highest BCUT2D eigenvalue weighted by molar-refractivity contribution is 7.90. The van der Waals surface area contributed by atoms with Crippen molar-refractivity contribution in [2.75, 3.05) is 25.4 Å². The molecule has 0 atom stereocenters. The van der Waals surface area contributed by atoms with Crippen molar-refractivity contribution in [2.24, 2.45) is 0 Å². The van der Waals surface area contributed by atoms with Crippen molar-refractivity contribution in [3.8, 4) is 0 Å². The maximum absolute atomic E-state index is 12.0. The largest absolute Gasteiger partial charge is 0.302 e. The summed E-state index contributed by atoms with van der Waals surface area (Å²) in [6.07, 6.45) is 2.41. The number of nitrogens with zero attached hydrogens (tertiary/aromatic N) is 1. The summed E-state index contributed by atoms with van der Waals surface area (Å²) in [5.74, 6) is 0.446. The number of likely N-dealkylation sites (tertiary alicyclic amines) is 1. The Kier molecular flexibility index (Phi) is 4.40. The van der Waals surface area contributed by atoms with Gasteiger partial charge in [0.2, 0.25) is 0 Å². The Morgan fingerprint density at radius 1 is 1.11 bits per heavy atom. The maximum Gasteiger partial charge on any atom is 0.155 e. The quantitative estimate of drug-likeness (QED) is 0.819. The van der Waals surface area contributed by atoms with E-state index in [0.717, 1.165) is 24.2 Å². The van der Waals surface area contributed by atoms with Crippen LogP contribution in [0.25, 0.3) is 0 Å². The van der Waals surface area contributed by atoms with Gasteiger partial charge >= 0.3 is 0 Å². The molecule has 1 heterocycles. The summed E-state index contributed by atoms with van der Waals surface area (Å²) in [4.78, 5) is 2.24. The minimum absolute atomic E-state index is 0.168. The lowest BCUT2D eigenvalue weighted by molar-refractivity contribution is 0.359. The Morgan fingerprint density at radius 2 is 1.72 bits per heavy atom. The molecule has 0 aromatic heterocycles. The van der Waals surface area contributed by atoms with Crippen LogP contribution in [0.1, 0.15) is 24.0 Å². The summed E-state index contributed by atoms with van der Waals surface area (Å²) in [7, 11) is -2.98. The molecule has 1 fully saturated rings. The van der Waals surface area contributed by atoms with E-state index in [1.54, 1.807) is 0 Å². The smallest absolute Gasteiger partial charge is 0.155 e. The number of sulfone groups is 1. The lowest BCUT2D eigenvalue weighted by atomic mass is 10.2. The van der Waals surface area contributed by atoms with Crippen LogP contribution < -0.4 is 0 Å². The van der Waals surface area contributed by atoms with Gasteiger partial charge in [0.05, 0.1) is 11.5 Å². The van der Waals surface area contributed by atoms with Crippen molar-refractivity contribution in [1.29, 1.82) is 0 Å². The summed E-state index contributed by atoms with van der Waals surface area (Å²) >= 11 is 0. The molecule has 3 nitrogen and oxygen atoms in total. The summed E-state index contributed by atoms with van der Waals surface area (Å²) in [5, 5.41) is 0. The zero-order valence-electron chi connectivity index (χ0n) is 10.9. The van der Waals surface area contributed by atoms with E-state index in [1.165, 1.54) is 12.8 Å². The molecule has 1 aliphatic rings. The van der Waals surface area contributed by atoms with E-state index in [0.29, 0.717) is 6.54 Å². The first-order valence-electron chi connectivity index (χ1n) is 6.53. The van der Waals surface area contributed by atoms with Gasteiger partial charge in [-0.25, -0.2) is 8.42 Å². The molecule has 0 N–H and O–H groups in total. The van der Waals surface area contributed by atoms with Crippen LogP contribution in [0.5, 0.6) is 0 Å². The molecule has 18 heavy (non-hydrogen) atoms. The molecule has 0 amide bonds. The Balaban J connectivity index is 1.88. The van der Waals surface area contributed by atoms with Crippen LogP contribution in [0.4, 0.5) is 0 Å². The predicted octanol–water partition coefficient (Wildman–Crippen LogP) is 2.01. The van der Waals surface area contributed by atoms with E-state index >= 15 is 0 Å². The van der Waals surface area contributed by atoms with Gasteiger partial charge < -0.3 is 4.90 Å². The van der Waals surface area contributed by atoms with Crippen LogP contribution in [0.15, 0.2) is 24.3 Å². The van der Waals surface area contributed by atoms with E-state index in [-0.39, 0.29) is 11.5 Å². The van der Waals surface area contributed by atoms with Gasteiger partial charge in [-0.3, -0.25) is 0 Å². The molecule has 100 valence electrons. The second-order valence-corrected chi connectivity index (χ2v) is 7.31. The van der Waals surface area contributed by atoms with Gasteiger partial charge in [0.1, 0.15) is 0 Å². The fourth-order valence-corrected chi connectivity index (χ4v) is 3.67. The number of hydrogen-bond acceptors (Lipinski definition) is 3. The van der Waals surface area contributed by atoms with E-state index < -0.39 is 9.84 Å². The van der Waals surface area contributed by atoms with Crippen LogP contribution in [-0.4, -0.2) is 38.7 Å². The zero-order valence-corrected chi connectivity index (χ0v) is 11.7. The van der Waals surface area contributed by atoms with Crippen molar-refractivity contribution in [2.45, 2.75) is 25.5 Å². The third-order valence-electron chi connectivity index (χ3n) is 3.42. The average molecular weight is 267 g/mol. The third-order valence-corrected chi connectivity index (χ3v) is 5.00. The molecule has 1 aromatic rings. The van der Waals surface area contributed by atoms with E-state index in [2.05, 4.69) is 4.90 Å². The molecule has 0 unspecified atom stereocenters. The van der Waals surface area contributed by atoms with Crippen molar-refractivity contribution >= 4 is 9.84 Å². The molecule has 1 saturated heterocycles. The highest BCUT2D eigenvalue weighted by Crippen LogP contribution is 2.11. The van der Waals surface area contributed by atoms with Crippen molar-refractivity contribution < 1.29 is 8.42 Å². The van der Waals surface area contributed by atoms with Crippen LogP contribution in [0.2, 0.25) is 0 Å². The van der Waals surface area contributed by atoms with Gasteiger partial charge in [-0.15, -0.1) is 0 Å². The number of hydrogen-bond donors (Lipinski definition) is 0. The molecule has 1 aliphatic heterocycles. The average Bonchev–Trinajstić information content (AvgIpc) is 2.83. The molecule has 2 rings (SSSR count). The van der Waals surface area contributed by atoms with E-state index in [9.17, 15) is 8.42 Å². The van der Waals surface area contributed by atoms with Gasteiger partial charge in [-0.2, -0.15) is 0 Å². The molecule has 0 aliphatic carbocycles. The monoisotopic (exact) mass is 267 g/mol. The first-order valence-corrected chi connectivity index (χ1v) is 8.36. The Bertz CT molecular complexity index is 473. The molecule has 1 aromatic carbocycles. The van der Waals surface area contributed by atoms with Crippen LogP contribution in [0.3, 0.4) is 0 Å². The van der Waals surface area contributed by atoms with Gasteiger partial charge in [0.15, 0.2) is 9.84 Å². The summed E-state index contributed by atoms with van der Waals surface area (Å²) < 4.78 is 24.0. The SMILES string of the molecule is Cc1ccc(CS(=O)(=O)CCN2CCCC2)cc1. The summed E-state index contributed by atoms with van der Waals surface area (Å²) in [6, 6.07) is 7.74. The number of aryl methyl sites for hydroxylation is 1. The van der Waals surface area contributed by atoms with Gasteiger partial charge in [-0.1, -0.05) is 29.8 Å². The standard InChI is InChI=1S/C14H21NO2S/c1-13-4-6-14(7-5-13)12-18(16,17)11-10-15-8-2-3-9-15/h4-7H,2-3,8-12H2,1H3. The predicted molar refractivity (Wildman–Crippen MR) is 74.3 cm³/mol. The van der Waals surface area contributed by atoms with Crippen molar-refractivity contribution in [3.05, 3.63) is 35.4 Å². The maximum atomic E-state index is 12.0. The highest BCUT2D eigenvalue weighted by atomic mass is 32.2. The molecule has 0 radical (unpaired) electrons. The minimum atomic E-state index is -2.98. The van der Waals surface area contributed by atoms with E-state index in [4.69, 9.17) is 0 Å². The van der Waals surface area contributed by atoms with Crippen LogP contribution in [-0.2, 0) is 15.6 Å². The molecule has 0 spiro atoms. The van der Waals surface area contributed by atoms with E-state index in [1.807, 2.05) is 31.2 Å². The second-order valence-electron chi connectivity index (χ2n) is 5.13. The number of rotatable bonds is 5. The Hall–Kier alpha value is -0.870. The highest BCUT2D eigenvalue weighted by Gasteiger charge is 2.17. The Morgan fingerprint density at radius 3 is 2.33 bits per heavy atom. The van der Waals surface area contributed by atoms with Crippen LogP contribution >= 0.6 is 0 Å². The molecule has 4 heteroatoms. The van der Waals surface area contributed by atoms with Gasteiger partial charge in [-0.05, 0) is 38.4 Å². The normalized spacial score (nSPS) is 17.2. The number of benzene rings is 1. The van der Waals surface area contributed by atoms with Crippen LogP contribution in [0, 0.1) is 6.92 Å². The molecular weight excluding hydrogens is 246 g/mol. The molecular formula is C14H21NO2S. The molecule has 0 saturated carbocycles. The first kappa shape index (κ1) is 13.6. The molecule has 0 bridgehead atoms. The minimum Gasteiger partial charge on any atom is -0.302 e. The topological polar surface area (TPSA) is 37.4 Å². The second kappa shape index (κ2) is 5.85. The van der Waals surface area contributed by atoms with Gasteiger partial charge in [0, 0.05) is 6.54 Å². The zero-order chi connectivity index (χ0) is 13.0. The van der Waals surface area contributed by atoms with Gasteiger partial charge in [0.25, 0.3) is 0 Å². The third kappa shape index (κ3) is 4.10. The summed E-state index contributed by atoms with van der Waals surface area (Å²) in [6.45, 7) is 4.81. The Labute approximate surface area is 110 Å². The summed E-state index contributed by atoms with van der Waals surface area (Å²) in [5.41, 5.74) is 2.05. The fraction of sp³-hybridized carbons (Fsp3) is 0.571. The lowest BCUT2D eigenvalue weighted by Gasteiger charge is -2.14. The fourth-order valence-electron chi connectivity index (χ4n) is 2.28. The lowest BCUT2D eigenvalue weighted by Crippen LogP contribution is -2.27. The van der Waals surface area contributed by atoms with Crippen molar-refractivity contribution in [1.82, 2.24) is 4.90 Å². The first-order chi connectivity index (χ1) is 8.55. The van der Waals surface area contributed by atoms with Crippen molar-refractivity contribution in [3.63, 3.8) is 0 Å².